The van der Waals surface area contributed by atoms with Gasteiger partial charge in [-0.1, -0.05) is 82.4 Å². The molecule has 0 spiro atoms. The Balaban J connectivity index is 1.40. The van der Waals surface area contributed by atoms with E-state index < -0.39 is 23.9 Å². The second-order valence-corrected chi connectivity index (χ2v) is 11.0. The lowest BCUT2D eigenvalue weighted by Gasteiger charge is -2.17. The molecule has 3 amide bonds. The van der Waals surface area contributed by atoms with Crippen molar-refractivity contribution in [3.63, 3.8) is 0 Å². The topological polar surface area (TPSA) is 133 Å². The molecule has 4 rings (SSSR count). The number of aliphatic carboxylic acids is 1. The van der Waals surface area contributed by atoms with Crippen LogP contribution in [0.15, 0.2) is 83.1 Å². The molecule has 0 saturated heterocycles. The van der Waals surface area contributed by atoms with E-state index >= 15 is 0 Å². The molecule has 1 unspecified atom stereocenters. The van der Waals surface area contributed by atoms with Crippen LogP contribution in [0.5, 0.6) is 0 Å². The molecule has 0 fully saturated rings. The quantitative estimate of drug-likeness (QED) is 0.149. The molecule has 9 nitrogen and oxygen atoms in total. The maximum absolute atomic E-state index is 12.8. The number of carbonyl (C=O) groups is 3. The standard InChI is InChI=1S/C27H19Cl4N5O4S/c28-16-10-32-11-17(29)23(16)25(37)34-15-7-5-14(6-8-15)9-21(26(38)39)36-27(40)35-20-3-1-2-4-22(20)41-24-18(30)12-33-13-19(24)31/h1-8,10-13,21H,9H2,(H,34,37)(H,38,39)(H2,35,36,40). The van der Waals surface area contributed by atoms with Crippen molar-refractivity contribution in [2.75, 3.05) is 10.6 Å². The van der Waals surface area contributed by atoms with Gasteiger partial charge in [0.1, 0.15) is 6.04 Å². The molecule has 4 N–H and O–H groups in total. The average molecular weight is 651 g/mol. The summed E-state index contributed by atoms with van der Waals surface area (Å²) in [6.07, 6.45) is 5.53. The highest BCUT2D eigenvalue weighted by molar-refractivity contribution is 7.99. The summed E-state index contributed by atoms with van der Waals surface area (Å²) in [6, 6.07) is 11.4. The highest BCUT2D eigenvalue weighted by Gasteiger charge is 2.22. The molecule has 41 heavy (non-hydrogen) atoms. The Morgan fingerprint density at radius 3 is 2.00 bits per heavy atom. The number of rotatable bonds is 9. The smallest absolute Gasteiger partial charge is 0.326 e. The fourth-order valence-corrected chi connectivity index (χ4v) is 5.59. The lowest BCUT2D eigenvalue weighted by molar-refractivity contribution is -0.139. The lowest BCUT2D eigenvalue weighted by Crippen LogP contribution is -2.44. The minimum Gasteiger partial charge on any atom is -0.480 e. The Bertz CT molecular complexity index is 1570. The third kappa shape index (κ3) is 8.02. The van der Waals surface area contributed by atoms with E-state index in [1.807, 2.05) is 0 Å². The van der Waals surface area contributed by atoms with Gasteiger partial charge in [0.15, 0.2) is 0 Å². The van der Waals surface area contributed by atoms with Crippen LogP contribution in [0.4, 0.5) is 16.2 Å². The monoisotopic (exact) mass is 649 g/mol. The fourth-order valence-electron chi connectivity index (χ4n) is 3.56. The van der Waals surface area contributed by atoms with E-state index in [-0.39, 0.29) is 22.0 Å². The highest BCUT2D eigenvalue weighted by atomic mass is 35.5. The maximum Gasteiger partial charge on any atom is 0.326 e. The Labute approximate surface area is 258 Å². The first-order chi connectivity index (χ1) is 19.6. The summed E-state index contributed by atoms with van der Waals surface area (Å²) in [4.78, 5) is 46.3. The van der Waals surface area contributed by atoms with Gasteiger partial charge in [-0.2, -0.15) is 0 Å². The molecule has 1 atom stereocenters. The number of hydrogen-bond acceptors (Lipinski definition) is 6. The first kappa shape index (κ1) is 30.4. The van der Waals surface area contributed by atoms with Gasteiger partial charge in [0, 0.05) is 41.8 Å². The summed E-state index contributed by atoms with van der Waals surface area (Å²) in [5.41, 5.74) is 1.55. The van der Waals surface area contributed by atoms with E-state index in [1.165, 1.54) is 36.5 Å². The van der Waals surface area contributed by atoms with Gasteiger partial charge >= 0.3 is 12.0 Å². The van der Waals surface area contributed by atoms with Crippen LogP contribution in [-0.2, 0) is 11.2 Å². The predicted octanol–water partition coefficient (Wildman–Crippen LogP) is 7.31. The molecule has 0 aliphatic carbocycles. The molecule has 2 aromatic heterocycles. The van der Waals surface area contributed by atoms with E-state index in [0.29, 0.717) is 36.8 Å². The molecule has 4 aromatic rings. The summed E-state index contributed by atoms with van der Waals surface area (Å²) >= 11 is 25.8. The molecule has 0 saturated carbocycles. The highest BCUT2D eigenvalue weighted by Crippen LogP contribution is 2.40. The van der Waals surface area contributed by atoms with Gasteiger partial charge in [-0.25, -0.2) is 9.59 Å². The zero-order valence-corrected chi connectivity index (χ0v) is 24.5. The van der Waals surface area contributed by atoms with Crippen molar-refractivity contribution in [3.8, 4) is 0 Å². The van der Waals surface area contributed by atoms with Crippen LogP contribution >= 0.6 is 58.2 Å². The Kier molecular flexibility index (Phi) is 10.3. The van der Waals surface area contributed by atoms with E-state index in [2.05, 4.69) is 25.9 Å². The predicted molar refractivity (Wildman–Crippen MR) is 161 cm³/mol. The van der Waals surface area contributed by atoms with Crippen molar-refractivity contribution in [2.45, 2.75) is 22.3 Å². The number of halogens is 4. The van der Waals surface area contributed by atoms with Gasteiger partial charge in [-0.05, 0) is 29.8 Å². The van der Waals surface area contributed by atoms with Gasteiger partial charge in [0.2, 0.25) is 0 Å². The van der Waals surface area contributed by atoms with Crippen LogP contribution in [-0.4, -0.2) is 39.0 Å². The number of aromatic nitrogens is 2. The number of carbonyl (C=O) groups excluding carboxylic acids is 2. The van der Waals surface area contributed by atoms with Crippen LogP contribution in [0.25, 0.3) is 0 Å². The first-order valence-corrected chi connectivity index (χ1v) is 14.0. The van der Waals surface area contributed by atoms with Crippen LogP contribution in [0.3, 0.4) is 0 Å². The third-order valence-electron chi connectivity index (χ3n) is 5.49. The molecule has 2 heterocycles. The van der Waals surface area contributed by atoms with Crippen LogP contribution in [0.1, 0.15) is 15.9 Å². The number of para-hydroxylation sites is 1. The minimum atomic E-state index is -1.24. The van der Waals surface area contributed by atoms with Crippen molar-refractivity contribution in [2.24, 2.45) is 0 Å². The van der Waals surface area contributed by atoms with Gasteiger partial charge in [0.25, 0.3) is 5.91 Å². The number of nitrogens with zero attached hydrogens (tertiary/aromatic N) is 2. The molecule has 0 radical (unpaired) electrons. The number of anilines is 2. The van der Waals surface area contributed by atoms with Crippen molar-refractivity contribution >= 4 is 87.4 Å². The first-order valence-electron chi connectivity index (χ1n) is 11.7. The summed E-state index contributed by atoms with van der Waals surface area (Å²) in [5.74, 6) is -1.75. The van der Waals surface area contributed by atoms with Gasteiger partial charge in [0.05, 0.1) is 36.2 Å². The largest absolute Gasteiger partial charge is 0.480 e. The number of benzene rings is 2. The number of amides is 3. The summed E-state index contributed by atoms with van der Waals surface area (Å²) in [6.45, 7) is 0. The summed E-state index contributed by atoms with van der Waals surface area (Å²) in [5, 5.41) is 18.5. The number of urea groups is 1. The molecule has 0 aliphatic rings. The average Bonchev–Trinajstić information content (AvgIpc) is 2.92. The Hall–Kier alpha value is -3.54. The maximum atomic E-state index is 12.8. The lowest BCUT2D eigenvalue weighted by atomic mass is 10.1. The van der Waals surface area contributed by atoms with Gasteiger partial charge in [-0.15, -0.1) is 0 Å². The van der Waals surface area contributed by atoms with Crippen molar-refractivity contribution in [3.05, 3.63) is 105 Å². The number of nitrogens with one attached hydrogen (secondary N) is 3. The number of carboxylic acid groups (broad SMARTS) is 1. The number of carboxylic acids is 1. The zero-order valence-electron chi connectivity index (χ0n) is 20.7. The van der Waals surface area contributed by atoms with E-state index in [1.54, 1.807) is 48.5 Å². The molecule has 0 aliphatic heterocycles. The van der Waals surface area contributed by atoms with E-state index in [0.717, 1.165) is 0 Å². The van der Waals surface area contributed by atoms with Gasteiger partial charge < -0.3 is 21.1 Å². The van der Waals surface area contributed by atoms with Crippen LogP contribution in [0.2, 0.25) is 20.1 Å². The van der Waals surface area contributed by atoms with Crippen molar-refractivity contribution < 1.29 is 19.5 Å². The molecular formula is C27H19Cl4N5O4S. The molecule has 0 bridgehead atoms. The molecule has 14 heteroatoms. The van der Waals surface area contributed by atoms with Crippen molar-refractivity contribution in [1.82, 2.24) is 15.3 Å². The molecule has 2 aromatic carbocycles. The van der Waals surface area contributed by atoms with Crippen molar-refractivity contribution in [1.29, 1.82) is 0 Å². The van der Waals surface area contributed by atoms with E-state index in [9.17, 15) is 19.5 Å². The second kappa shape index (κ2) is 13.9. The third-order valence-corrected chi connectivity index (χ3v) is 8.08. The SMILES string of the molecule is O=C(Nc1ccccc1Sc1c(Cl)cncc1Cl)NC(Cc1ccc(NC(=O)c2c(Cl)cncc2Cl)cc1)C(=O)O. The molecule has 210 valence electrons. The van der Waals surface area contributed by atoms with Crippen LogP contribution < -0.4 is 16.0 Å². The Morgan fingerprint density at radius 1 is 0.805 bits per heavy atom. The summed E-state index contributed by atoms with van der Waals surface area (Å²) < 4.78 is 0. The summed E-state index contributed by atoms with van der Waals surface area (Å²) in [7, 11) is 0. The second-order valence-electron chi connectivity index (χ2n) is 8.35. The van der Waals surface area contributed by atoms with Gasteiger partial charge in [-0.3, -0.25) is 14.8 Å². The normalized spacial score (nSPS) is 11.4. The minimum absolute atomic E-state index is 0.0163. The Morgan fingerprint density at radius 2 is 1.39 bits per heavy atom. The molecular weight excluding hydrogens is 632 g/mol. The fraction of sp³-hybridized carbons (Fsp3) is 0.0741. The zero-order chi connectivity index (χ0) is 29.5. The number of hydrogen-bond donors (Lipinski definition) is 4. The number of pyridine rings is 2. The van der Waals surface area contributed by atoms with Crippen LogP contribution in [0, 0.1) is 0 Å². The van der Waals surface area contributed by atoms with E-state index in [4.69, 9.17) is 46.4 Å².